The molecule has 2 aromatic rings. The summed E-state index contributed by atoms with van der Waals surface area (Å²) in [6.07, 6.45) is 0. The number of nitrogens with zero attached hydrogens (tertiary/aromatic N) is 4. The van der Waals surface area contributed by atoms with Crippen molar-refractivity contribution in [3.8, 4) is 0 Å². The lowest BCUT2D eigenvalue weighted by atomic mass is 10.8. The van der Waals surface area contributed by atoms with Crippen molar-refractivity contribution in [1.82, 2.24) is 20.4 Å². The van der Waals surface area contributed by atoms with Crippen LogP contribution in [0.1, 0.15) is 6.92 Å². The van der Waals surface area contributed by atoms with Gasteiger partial charge in [-0.05, 0) is 5.75 Å². The molecular weight excluding hydrogens is 326 g/mol. The average Bonchev–Trinajstić information content (AvgIpc) is 2.98. The fourth-order valence-electron chi connectivity index (χ4n) is 0.925. The largest absolute Gasteiger partial charge is 0.406 e. The van der Waals surface area contributed by atoms with Gasteiger partial charge in [-0.3, -0.25) is 4.79 Å². The Labute approximate surface area is 125 Å². The van der Waals surface area contributed by atoms with E-state index in [-0.39, 0.29) is 5.75 Å². The molecule has 0 atom stereocenters. The Bertz CT molecular complexity index is 557. The number of aromatic nitrogens is 4. The first-order chi connectivity index (χ1) is 9.17. The van der Waals surface area contributed by atoms with Crippen LogP contribution < -0.4 is 5.73 Å². The SMILES string of the molecule is CCSc1nnc(Sc2nnc(SCC(N)=O)o2)s1. The molecule has 0 aromatic carbocycles. The van der Waals surface area contributed by atoms with Crippen molar-refractivity contribution in [2.45, 2.75) is 26.0 Å². The summed E-state index contributed by atoms with van der Waals surface area (Å²) < 4.78 is 6.99. The molecule has 102 valence electrons. The van der Waals surface area contributed by atoms with Gasteiger partial charge in [0, 0.05) is 11.8 Å². The van der Waals surface area contributed by atoms with Crippen molar-refractivity contribution in [3.05, 3.63) is 0 Å². The highest BCUT2D eigenvalue weighted by Crippen LogP contribution is 2.33. The molecule has 0 fully saturated rings. The number of rotatable bonds is 7. The van der Waals surface area contributed by atoms with Gasteiger partial charge in [0.25, 0.3) is 10.4 Å². The molecule has 0 aliphatic rings. The van der Waals surface area contributed by atoms with Crippen LogP contribution in [0.25, 0.3) is 0 Å². The maximum atomic E-state index is 10.6. The van der Waals surface area contributed by atoms with Crippen LogP contribution in [0.4, 0.5) is 0 Å². The van der Waals surface area contributed by atoms with Gasteiger partial charge < -0.3 is 10.2 Å². The number of nitrogens with two attached hydrogens (primary N) is 1. The summed E-state index contributed by atoms with van der Waals surface area (Å²) in [4.78, 5) is 10.6. The van der Waals surface area contributed by atoms with E-state index in [9.17, 15) is 4.79 Å². The van der Waals surface area contributed by atoms with E-state index < -0.39 is 5.91 Å². The second-order valence-corrected chi connectivity index (χ2v) is 7.57. The van der Waals surface area contributed by atoms with E-state index in [1.807, 2.05) is 0 Å². The summed E-state index contributed by atoms with van der Waals surface area (Å²) in [5.41, 5.74) is 5.03. The molecule has 0 saturated carbocycles. The highest BCUT2D eigenvalue weighted by molar-refractivity contribution is 8.03. The predicted molar refractivity (Wildman–Crippen MR) is 74.6 cm³/mol. The van der Waals surface area contributed by atoms with Crippen LogP contribution in [0, 0.1) is 0 Å². The third kappa shape index (κ3) is 4.67. The quantitative estimate of drug-likeness (QED) is 0.757. The lowest BCUT2D eigenvalue weighted by molar-refractivity contribution is -0.115. The molecule has 1 amide bonds. The number of hydrogen-bond donors (Lipinski definition) is 1. The average molecular weight is 335 g/mol. The molecule has 0 bridgehead atoms. The Kier molecular flexibility index (Phi) is 5.48. The monoisotopic (exact) mass is 335 g/mol. The smallest absolute Gasteiger partial charge is 0.284 e. The van der Waals surface area contributed by atoms with Gasteiger partial charge in [-0.25, -0.2) is 0 Å². The molecule has 0 radical (unpaired) electrons. The minimum absolute atomic E-state index is 0.113. The van der Waals surface area contributed by atoms with Crippen LogP contribution in [0.2, 0.25) is 0 Å². The van der Waals surface area contributed by atoms with Crippen molar-refractivity contribution in [2.24, 2.45) is 5.73 Å². The van der Waals surface area contributed by atoms with E-state index in [0.717, 1.165) is 26.2 Å². The topological polar surface area (TPSA) is 108 Å². The molecule has 2 heterocycles. The molecule has 2 aromatic heterocycles. The summed E-state index contributed by atoms with van der Waals surface area (Å²) in [6.45, 7) is 2.05. The first kappa shape index (κ1) is 14.6. The molecule has 0 saturated heterocycles. The summed E-state index contributed by atoms with van der Waals surface area (Å²) >= 11 is 5.47. The van der Waals surface area contributed by atoms with E-state index in [4.69, 9.17) is 10.2 Å². The van der Waals surface area contributed by atoms with E-state index in [2.05, 4.69) is 27.3 Å². The van der Waals surface area contributed by atoms with Crippen LogP contribution >= 0.6 is 46.6 Å². The van der Waals surface area contributed by atoms with Crippen molar-refractivity contribution in [1.29, 1.82) is 0 Å². The highest BCUT2D eigenvalue weighted by Gasteiger charge is 2.12. The number of carbonyl (C=O) groups excluding carboxylic acids is 1. The zero-order chi connectivity index (χ0) is 13.7. The summed E-state index contributed by atoms with van der Waals surface area (Å²) in [6, 6.07) is 0. The predicted octanol–water partition coefficient (Wildman–Crippen LogP) is 1.76. The molecule has 2 rings (SSSR count). The van der Waals surface area contributed by atoms with E-state index >= 15 is 0 Å². The maximum absolute atomic E-state index is 10.6. The fourth-order valence-corrected chi connectivity index (χ4v) is 4.17. The molecule has 0 unspecified atom stereocenters. The minimum atomic E-state index is -0.428. The first-order valence-corrected chi connectivity index (χ1v) is 8.66. The molecule has 2 N–H and O–H groups in total. The Morgan fingerprint density at radius 3 is 2.68 bits per heavy atom. The van der Waals surface area contributed by atoms with Crippen LogP contribution in [0.15, 0.2) is 23.5 Å². The van der Waals surface area contributed by atoms with Gasteiger partial charge in [-0.2, -0.15) is 0 Å². The molecule has 7 nitrogen and oxygen atoms in total. The minimum Gasteiger partial charge on any atom is -0.406 e. The third-order valence-electron chi connectivity index (χ3n) is 1.56. The maximum Gasteiger partial charge on any atom is 0.284 e. The Balaban J connectivity index is 1.93. The Morgan fingerprint density at radius 2 is 1.95 bits per heavy atom. The number of carbonyl (C=O) groups is 1. The van der Waals surface area contributed by atoms with Gasteiger partial charge in [0.2, 0.25) is 5.91 Å². The van der Waals surface area contributed by atoms with Crippen molar-refractivity contribution in [3.63, 3.8) is 0 Å². The Morgan fingerprint density at radius 1 is 1.21 bits per heavy atom. The van der Waals surface area contributed by atoms with Crippen molar-refractivity contribution in [2.75, 3.05) is 11.5 Å². The summed E-state index contributed by atoms with van der Waals surface area (Å²) in [5, 5.41) is 16.4. The van der Waals surface area contributed by atoms with Gasteiger partial charge in [-0.15, -0.1) is 15.3 Å². The first-order valence-electron chi connectivity index (χ1n) is 5.06. The van der Waals surface area contributed by atoms with Gasteiger partial charge >= 0.3 is 0 Å². The van der Waals surface area contributed by atoms with Crippen molar-refractivity contribution >= 4 is 52.5 Å². The third-order valence-corrected chi connectivity index (χ3v) is 5.23. The highest BCUT2D eigenvalue weighted by atomic mass is 32.2. The Hall–Kier alpha value is -0.780. The standard InChI is InChI=1S/C8H9N5O2S4/c1-2-16-7-12-13-8(19-7)18-6-11-10-5(15-6)17-3-4(9)14/h2-3H2,1H3,(H2,9,14). The molecule has 0 aliphatic heterocycles. The van der Waals surface area contributed by atoms with Gasteiger partial charge in [-0.1, -0.05) is 46.9 Å². The zero-order valence-corrected chi connectivity index (χ0v) is 13.0. The normalized spacial score (nSPS) is 10.8. The zero-order valence-electron chi connectivity index (χ0n) is 9.73. The molecule has 0 aliphatic carbocycles. The van der Waals surface area contributed by atoms with Crippen LogP contribution in [-0.2, 0) is 4.79 Å². The number of hydrogen-bond acceptors (Lipinski definition) is 10. The van der Waals surface area contributed by atoms with Crippen LogP contribution in [0.3, 0.4) is 0 Å². The lowest BCUT2D eigenvalue weighted by Gasteiger charge is -1.89. The number of primary amides is 1. The summed E-state index contributed by atoms with van der Waals surface area (Å²) in [5.74, 6) is 0.638. The molecule has 11 heteroatoms. The van der Waals surface area contributed by atoms with E-state index in [0.29, 0.717) is 10.4 Å². The fraction of sp³-hybridized carbons (Fsp3) is 0.375. The number of thioether (sulfide) groups is 2. The van der Waals surface area contributed by atoms with E-state index in [1.54, 1.807) is 11.8 Å². The molecule has 19 heavy (non-hydrogen) atoms. The summed E-state index contributed by atoms with van der Waals surface area (Å²) in [7, 11) is 0. The lowest BCUT2D eigenvalue weighted by Crippen LogP contribution is -2.12. The van der Waals surface area contributed by atoms with Crippen LogP contribution in [-0.4, -0.2) is 37.8 Å². The van der Waals surface area contributed by atoms with Crippen molar-refractivity contribution < 1.29 is 9.21 Å². The van der Waals surface area contributed by atoms with E-state index in [1.165, 1.54) is 23.1 Å². The van der Waals surface area contributed by atoms with Crippen LogP contribution in [0.5, 0.6) is 0 Å². The second-order valence-electron chi connectivity index (χ2n) is 2.96. The number of amides is 1. The van der Waals surface area contributed by atoms with Gasteiger partial charge in [0.1, 0.15) is 0 Å². The van der Waals surface area contributed by atoms with Gasteiger partial charge in [0.05, 0.1) is 5.75 Å². The molecule has 0 spiro atoms. The van der Waals surface area contributed by atoms with Gasteiger partial charge in [0.15, 0.2) is 8.68 Å². The molecular formula is C8H9N5O2S4. The second kappa shape index (κ2) is 7.12.